The highest BCUT2D eigenvalue weighted by atomic mass is 32.2. The van der Waals surface area contributed by atoms with Gasteiger partial charge in [0.15, 0.2) is 5.13 Å². The van der Waals surface area contributed by atoms with Gasteiger partial charge in [0.2, 0.25) is 15.9 Å². The van der Waals surface area contributed by atoms with E-state index in [0.29, 0.717) is 42.6 Å². The summed E-state index contributed by atoms with van der Waals surface area (Å²) in [5.41, 5.74) is 2.81. The minimum atomic E-state index is -3.54. The van der Waals surface area contributed by atoms with E-state index in [4.69, 9.17) is 4.74 Å². The Bertz CT molecular complexity index is 1240. The molecule has 1 fully saturated rings. The van der Waals surface area contributed by atoms with Crippen LogP contribution in [0.1, 0.15) is 30.2 Å². The quantitative estimate of drug-likeness (QED) is 0.501. The van der Waals surface area contributed by atoms with E-state index in [0.717, 1.165) is 27.4 Å². The smallest absolute Gasteiger partial charge is 0.243 e. The summed E-state index contributed by atoms with van der Waals surface area (Å²) in [5.74, 6) is 0.449. The molecule has 1 saturated heterocycles. The molecule has 4 rings (SSSR count). The first-order chi connectivity index (χ1) is 16.3. The highest BCUT2D eigenvalue weighted by Crippen LogP contribution is 2.32. The summed E-state index contributed by atoms with van der Waals surface area (Å²) in [7, 11) is -3.54. The van der Waals surface area contributed by atoms with Crippen LogP contribution >= 0.6 is 11.3 Å². The van der Waals surface area contributed by atoms with Gasteiger partial charge >= 0.3 is 0 Å². The van der Waals surface area contributed by atoms with Crippen molar-refractivity contribution in [1.82, 2.24) is 9.29 Å². The van der Waals surface area contributed by atoms with Gasteiger partial charge in [0, 0.05) is 29.4 Å². The van der Waals surface area contributed by atoms with Crippen LogP contribution in [-0.2, 0) is 14.8 Å². The second-order valence-corrected chi connectivity index (χ2v) is 11.5. The molecule has 1 amide bonds. The van der Waals surface area contributed by atoms with Gasteiger partial charge in [-0.05, 0) is 70.0 Å². The number of hydrogen-bond acceptors (Lipinski definition) is 6. The number of carbonyl (C=O) groups excluding carboxylic acids is 1. The minimum Gasteiger partial charge on any atom is -0.494 e. The summed E-state index contributed by atoms with van der Waals surface area (Å²) in [6.07, 6.45) is 0.958. The Labute approximate surface area is 204 Å². The molecule has 3 aromatic rings. The van der Waals surface area contributed by atoms with Crippen molar-refractivity contribution in [3.05, 3.63) is 59.0 Å². The Morgan fingerprint density at radius 3 is 2.35 bits per heavy atom. The Morgan fingerprint density at radius 1 is 1.09 bits per heavy atom. The minimum absolute atomic E-state index is 0.112. The van der Waals surface area contributed by atoms with E-state index in [2.05, 4.69) is 10.3 Å². The van der Waals surface area contributed by atoms with Gasteiger partial charge in [0.25, 0.3) is 0 Å². The fourth-order valence-corrected chi connectivity index (χ4v) is 6.33. The molecule has 0 saturated carbocycles. The van der Waals surface area contributed by atoms with Crippen LogP contribution in [0.3, 0.4) is 0 Å². The van der Waals surface area contributed by atoms with Crippen LogP contribution < -0.4 is 10.1 Å². The molecule has 0 unspecified atom stereocenters. The maximum absolute atomic E-state index is 12.9. The van der Waals surface area contributed by atoms with Gasteiger partial charge in [-0.2, -0.15) is 4.31 Å². The number of anilines is 1. The predicted octanol–water partition coefficient (Wildman–Crippen LogP) is 4.87. The topological polar surface area (TPSA) is 88.6 Å². The van der Waals surface area contributed by atoms with Crippen LogP contribution in [-0.4, -0.2) is 43.3 Å². The molecule has 1 aliphatic heterocycles. The second kappa shape index (κ2) is 10.2. The number of rotatable bonds is 7. The number of nitrogens with one attached hydrogen (secondary N) is 1. The van der Waals surface area contributed by atoms with E-state index < -0.39 is 10.0 Å². The molecule has 0 radical (unpaired) electrons. The first-order valence-electron chi connectivity index (χ1n) is 11.4. The molecule has 34 heavy (non-hydrogen) atoms. The fraction of sp³-hybridized carbons (Fsp3) is 0.360. The molecule has 0 atom stereocenters. The number of nitrogens with zero attached hydrogens (tertiary/aromatic N) is 2. The molecule has 0 spiro atoms. The summed E-state index contributed by atoms with van der Waals surface area (Å²) >= 11 is 1.44. The molecule has 1 aliphatic rings. The van der Waals surface area contributed by atoms with E-state index >= 15 is 0 Å². The summed E-state index contributed by atoms with van der Waals surface area (Å²) in [6.45, 7) is 7.10. The molecule has 0 bridgehead atoms. The van der Waals surface area contributed by atoms with E-state index in [1.54, 1.807) is 24.3 Å². The number of benzene rings is 2. The molecule has 1 aromatic heterocycles. The number of carbonyl (C=O) groups is 1. The average molecular weight is 500 g/mol. The molecule has 1 N–H and O–H groups in total. The molecule has 2 heterocycles. The molecule has 9 heteroatoms. The van der Waals surface area contributed by atoms with Gasteiger partial charge in [0.1, 0.15) is 5.75 Å². The van der Waals surface area contributed by atoms with Gasteiger partial charge < -0.3 is 10.1 Å². The number of amides is 1. The zero-order valence-electron chi connectivity index (χ0n) is 19.6. The zero-order valence-corrected chi connectivity index (χ0v) is 21.2. The van der Waals surface area contributed by atoms with Gasteiger partial charge in [-0.15, -0.1) is 11.3 Å². The Hall–Kier alpha value is -2.75. The number of hydrogen-bond donors (Lipinski definition) is 1. The molecular weight excluding hydrogens is 470 g/mol. The van der Waals surface area contributed by atoms with Crippen LogP contribution in [0.2, 0.25) is 0 Å². The highest BCUT2D eigenvalue weighted by molar-refractivity contribution is 7.89. The zero-order chi connectivity index (χ0) is 24.3. The van der Waals surface area contributed by atoms with Crippen molar-refractivity contribution in [1.29, 1.82) is 0 Å². The molecule has 2 aromatic carbocycles. The molecular formula is C25H29N3O4S2. The van der Waals surface area contributed by atoms with Crippen LogP contribution in [0.25, 0.3) is 11.3 Å². The molecule has 0 aliphatic carbocycles. The Morgan fingerprint density at radius 2 is 1.74 bits per heavy atom. The summed E-state index contributed by atoms with van der Waals surface area (Å²) in [4.78, 5) is 18.8. The highest BCUT2D eigenvalue weighted by Gasteiger charge is 2.32. The van der Waals surface area contributed by atoms with Crippen molar-refractivity contribution >= 4 is 32.4 Å². The van der Waals surface area contributed by atoms with Crippen LogP contribution in [0.4, 0.5) is 5.13 Å². The van der Waals surface area contributed by atoms with Crippen molar-refractivity contribution in [2.24, 2.45) is 5.92 Å². The van der Waals surface area contributed by atoms with E-state index in [-0.39, 0.29) is 11.8 Å². The summed E-state index contributed by atoms with van der Waals surface area (Å²) < 4.78 is 32.8. The summed E-state index contributed by atoms with van der Waals surface area (Å²) in [5, 5.41) is 3.50. The second-order valence-electron chi connectivity index (χ2n) is 8.36. The third-order valence-electron chi connectivity index (χ3n) is 5.95. The average Bonchev–Trinajstić information content (AvgIpc) is 3.20. The van der Waals surface area contributed by atoms with Gasteiger partial charge in [0.05, 0.1) is 17.2 Å². The van der Waals surface area contributed by atoms with Gasteiger partial charge in [-0.1, -0.05) is 17.7 Å². The van der Waals surface area contributed by atoms with Gasteiger partial charge in [-0.25, -0.2) is 13.4 Å². The lowest BCUT2D eigenvalue weighted by Gasteiger charge is -2.30. The maximum atomic E-state index is 12.9. The number of aromatic nitrogens is 1. The standard InChI is InChI=1S/C25H29N3O4S2/c1-4-32-21-9-7-19(8-10-21)23-18(3)33-25(26-23)27-24(29)20-13-15-28(16-14-20)34(30,31)22-11-5-17(2)6-12-22/h5-12,20H,4,13-16H2,1-3H3,(H,26,27,29). The van der Waals surface area contributed by atoms with Crippen molar-refractivity contribution in [2.45, 2.75) is 38.5 Å². The van der Waals surface area contributed by atoms with Crippen molar-refractivity contribution in [3.8, 4) is 17.0 Å². The number of ether oxygens (including phenoxy) is 1. The van der Waals surface area contributed by atoms with Crippen LogP contribution in [0.15, 0.2) is 53.4 Å². The van der Waals surface area contributed by atoms with E-state index in [1.807, 2.05) is 45.0 Å². The van der Waals surface area contributed by atoms with Crippen LogP contribution in [0.5, 0.6) is 5.75 Å². The number of piperidine rings is 1. The monoisotopic (exact) mass is 499 g/mol. The van der Waals surface area contributed by atoms with Crippen molar-refractivity contribution < 1.29 is 17.9 Å². The third kappa shape index (κ3) is 5.32. The maximum Gasteiger partial charge on any atom is 0.243 e. The largest absolute Gasteiger partial charge is 0.494 e. The Balaban J connectivity index is 1.37. The third-order valence-corrected chi connectivity index (χ3v) is 8.75. The van der Waals surface area contributed by atoms with Crippen LogP contribution in [0, 0.1) is 19.8 Å². The van der Waals surface area contributed by atoms with E-state index in [1.165, 1.54) is 15.6 Å². The first-order valence-corrected chi connectivity index (χ1v) is 13.6. The fourth-order valence-electron chi connectivity index (χ4n) is 4.02. The van der Waals surface area contributed by atoms with Crippen molar-refractivity contribution in [2.75, 3.05) is 25.0 Å². The van der Waals surface area contributed by atoms with Gasteiger partial charge in [-0.3, -0.25) is 4.79 Å². The summed E-state index contributed by atoms with van der Waals surface area (Å²) in [6, 6.07) is 14.6. The lowest BCUT2D eigenvalue weighted by molar-refractivity contribution is -0.120. The number of thiazole rings is 1. The lowest BCUT2D eigenvalue weighted by Crippen LogP contribution is -2.41. The first kappa shape index (κ1) is 24.4. The normalized spacial score (nSPS) is 15.3. The number of aryl methyl sites for hydroxylation is 2. The number of sulfonamides is 1. The molecule has 180 valence electrons. The SMILES string of the molecule is CCOc1ccc(-c2nc(NC(=O)C3CCN(S(=O)(=O)c4ccc(C)cc4)CC3)sc2C)cc1. The van der Waals surface area contributed by atoms with Crippen molar-refractivity contribution in [3.63, 3.8) is 0 Å². The Kier molecular flexibility index (Phi) is 7.35. The van der Waals surface area contributed by atoms with E-state index in [9.17, 15) is 13.2 Å². The predicted molar refractivity (Wildman–Crippen MR) is 135 cm³/mol. The molecule has 7 nitrogen and oxygen atoms in total. The lowest BCUT2D eigenvalue weighted by atomic mass is 9.97.